The molecule has 3 N–H and O–H groups in total. The fourth-order valence-corrected chi connectivity index (χ4v) is 7.64. The number of piperidine rings is 2. The number of fused-ring (bicyclic) bond motifs is 1. The molecule has 0 saturated carbocycles. The summed E-state index contributed by atoms with van der Waals surface area (Å²) in [6.07, 6.45) is 2.06. The van der Waals surface area contributed by atoms with Gasteiger partial charge in [-0.1, -0.05) is 12.1 Å². The molecule has 2 atom stereocenters. The highest BCUT2D eigenvalue weighted by atomic mass is 32.2. The fraction of sp³-hybridized carbons (Fsp3) is 0.591. The largest absolute Gasteiger partial charge is 0.322 e. The number of carbonyl (C=O) groups excluding carboxylic acids is 3. The summed E-state index contributed by atoms with van der Waals surface area (Å²) in [5.41, 5.74) is 1.88. The quantitative estimate of drug-likeness (QED) is 0.492. The van der Waals surface area contributed by atoms with Gasteiger partial charge in [-0.25, -0.2) is 8.42 Å². The number of rotatable bonds is 4. The SMILES string of the molecule is CN1C2(CCNCC2)C(NCc2ccc3c(c2)C(=O)N(C2CCC(=O)NC2=O)C3)CS1(=O)=O. The molecule has 3 saturated heterocycles. The van der Waals surface area contributed by atoms with Crippen molar-refractivity contribution in [3.05, 3.63) is 34.9 Å². The third-order valence-electron chi connectivity index (χ3n) is 7.68. The standard InChI is InChI=1S/C22H29N5O5S/c1-26-22(6-8-23-9-7-22)18(13-33(26,31)32)24-11-14-2-3-15-12-27(21(30)16(15)10-14)17-4-5-19(28)25-20(17)29/h2-3,10,17-18,23-24H,4-9,11-13H2,1H3,(H,25,28,29). The highest BCUT2D eigenvalue weighted by Gasteiger charge is 2.54. The molecule has 1 spiro atoms. The van der Waals surface area contributed by atoms with E-state index in [0.29, 0.717) is 25.1 Å². The Labute approximate surface area is 193 Å². The Morgan fingerprint density at radius 1 is 1.18 bits per heavy atom. The molecule has 10 nitrogen and oxygen atoms in total. The molecule has 1 aromatic rings. The Kier molecular flexibility index (Phi) is 5.55. The summed E-state index contributed by atoms with van der Waals surface area (Å²) in [6, 6.07) is 4.84. The van der Waals surface area contributed by atoms with Gasteiger partial charge in [0, 0.05) is 38.2 Å². The number of likely N-dealkylation sites (N-methyl/N-ethyl adjacent to an activating group) is 1. The Hall–Kier alpha value is -2.34. The number of hydrogen-bond donors (Lipinski definition) is 3. The van der Waals surface area contributed by atoms with E-state index in [1.807, 2.05) is 18.2 Å². The minimum Gasteiger partial charge on any atom is -0.322 e. The molecule has 3 fully saturated rings. The van der Waals surface area contributed by atoms with Crippen LogP contribution in [0.3, 0.4) is 0 Å². The van der Waals surface area contributed by atoms with Gasteiger partial charge in [0.15, 0.2) is 0 Å². The first kappa shape index (κ1) is 22.5. The average molecular weight is 476 g/mol. The van der Waals surface area contributed by atoms with Crippen LogP contribution in [0.2, 0.25) is 0 Å². The van der Waals surface area contributed by atoms with Crippen molar-refractivity contribution >= 4 is 27.7 Å². The van der Waals surface area contributed by atoms with Crippen LogP contribution in [-0.2, 0) is 32.7 Å². The Bertz CT molecular complexity index is 1110. The van der Waals surface area contributed by atoms with Gasteiger partial charge in [-0.15, -0.1) is 0 Å². The lowest BCUT2D eigenvalue weighted by molar-refractivity contribution is -0.136. The zero-order valence-electron chi connectivity index (χ0n) is 18.6. The first-order valence-corrected chi connectivity index (χ1v) is 13.0. The zero-order valence-corrected chi connectivity index (χ0v) is 19.4. The number of sulfonamides is 1. The topological polar surface area (TPSA) is 128 Å². The van der Waals surface area contributed by atoms with Gasteiger partial charge in [-0.05, 0) is 49.5 Å². The van der Waals surface area contributed by atoms with Gasteiger partial charge in [0.2, 0.25) is 21.8 Å². The lowest BCUT2D eigenvalue weighted by Gasteiger charge is -2.42. The monoisotopic (exact) mass is 475 g/mol. The minimum absolute atomic E-state index is 0.0661. The molecule has 4 aliphatic rings. The number of amides is 3. The van der Waals surface area contributed by atoms with Gasteiger partial charge in [0.05, 0.1) is 11.3 Å². The van der Waals surface area contributed by atoms with Crippen LogP contribution in [0.15, 0.2) is 18.2 Å². The molecule has 2 unspecified atom stereocenters. The molecule has 11 heteroatoms. The molecule has 0 bridgehead atoms. The summed E-state index contributed by atoms with van der Waals surface area (Å²) < 4.78 is 26.9. The van der Waals surface area contributed by atoms with E-state index >= 15 is 0 Å². The lowest BCUT2D eigenvalue weighted by Crippen LogP contribution is -2.59. The van der Waals surface area contributed by atoms with E-state index < -0.39 is 27.5 Å². The van der Waals surface area contributed by atoms with Crippen LogP contribution in [0.5, 0.6) is 0 Å². The van der Waals surface area contributed by atoms with Gasteiger partial charge in [-0.2, -0.15) is 4.31 Å². The predicted octanol–water partition coefficient (Wildman–Crippen LogP) is -0.697. The summed E-state index contributed by atoms with van der Waals surface area (Å²) >= 11 is 0. The highest BCUT2D eigenvalue weighted by Crippen LogP contribution is 2.38. The molecule has 33 heavy (non-hydrogen) atoms. The van der Waals surface area contributed by atoms with Crippen LogP contribution in [0.25, 0.3) is 0 Å². The summed E-state index contributed by atoms with van der Waals surface area (Å²) in [5.74, 6) is -0.872. The van der Waals surface area contributed by atoms with Gasteiger partial charge >= 0.3 is 0 Å². The molecule has 5 rings (SSSR count). The van der Waals surface area contributed by atoms with Crippen molar-refractivity contribution in [3.63, 3.8) is 0 Å². The normalized spacial score (nSPS) is 28.9. The number of hydrogen-bond acceptors (Lipinski definition) is 7. The third-order valence-corrected chi connectivity index (χ3v) is 9.64. The third kappa shape index (κ3) is 3.76. The predicted molar refractivity (Wildman–Crippen MR) is 119 cm³/mol. The number of nitrogens with zero attached hydrogens (tertiary/aromatic N) is 2. The average Bonchev–Trinajstić information content (AvgIpc) is 3.20. The van der Waals surface area contributed by atoms with Crippen LogP contribution < -0.4 is 16.0 Å². The van der Waals surface area contributed by atoms with Crippen LogP contribution in [0, 0.1) is 0 Å². The van der Waals surface area contributed by atoms with Gasteiger partial charge in [0.25, 0.3) is 5.91 Å². The molecule has 4 aliphatic heterocycles. The van der Waals surface area contributed by atoms with Crippen molar-refractivity contribution in [1.82, 2.24) is 25.2 Å². The second kappa shape index (κ2) is 8.15. The van der Waals surface area contributed by atoms with Crippen LogP contribution in [0.4, 0.5) is 0 Å². The first-order valence-electron chi connectivity index (χ1n) is 11.4. The molecule has 0 aromatic heterocycles. The summed E-state index contributed by atoms with van der Waals surface area (Å²) in [5, 5.41) is 9.09. The van der Waals surface area contributed by atoms with E-state index in [2.05, 4.69) is 16.0 Å². The van der Waals surface area contributed by atoms with Crippen molar-refractivity contribution in [1.29, 1.82) is 0 Å². The maximum Gasteiger partial charge on any atom is 0.255 e. The summed E-state index contributed by atoms with van der Waals surface area (Å²) in [7, 11) is -1.63. The fourth-order valence-electron chi connectivity index (χ4n) is 5.70. The van der Waals surface area contributed by atoms with E-state index in [1.54, 1.807) is 11.4 Å². The smallest absolute Gasteiger partial charge is 0.255 e. The van der Waals surface area contributed by atoms with E-state index in [9.17, 15) is 22.8 Å². The van der Waals surface area contributed by atoms with Crippen LogP contribution >= 0.6 is 0 Å². The van der Waals surface area contributed by atoms with Crippen molar-refractivity contribution in [2.24, 2.45) is 0 Å². The zero-order chi connectivity index (χ0) is 23.4. The Balaban J connectivity index is 1.30. The van der Waals surface area contributed by atoms with Crippen molar-refractivity contribution in [3.8, 4) is 0 Å². The number of carbonyl (C=O) groups is 3. The second-order valence-corrected chi connectivity index (χ2v) is 11.5. The van der Waals surface area contributed by atoms with E-state index in [1.165, 1.54) is 4.90 Å². The van der Waals surface area contributed by atoms with E-state index in [4.69, 9.17) is 0 Å². The maximum absolute atomic E-state index is 13.1. The first-order chi connectivity index (χ1) is 15.7. The number of imide groups is 1. The Morgan fingerprint density at radius 2 is 1.94 bits per heavy atom. The second-order valence-electron chi connectivity index (χ2n) is 9.42. The van der Waals surface area contributed by atoms with Crippen molar-refractivity contribution < 1.29 is 22.8 Å². The molecule has 3 amide bonds. The number of nitrogens with one attached hydrogen (secondary N) is 3. The number of benzene rings is 1. The van der Waals surface area contributed by atoms with Crippen LogP contribution in [-0.4, -0.2) is 78.9 Å². The highest BCUT2D eigenvalue weighted by molar-refractivity contribution is 7.89. The molecule has 0 radical (unpaired) electrons. The molecular formula is C22H29N5O5S. The van der Waals surface area contributed by atoms with Crippen LogP contribution in [0.1, 0.15) is 47.2 Å². The maximum atomic E-state index is 13.1. The molecule has 178 valence electrons. The van der Waals surface area contributed by atoms with Gasteiger partial charge < -0.3 is 15.5 Å². The molecule has 4 heterocycles. The van der Waals surface area contributed by atoms with Gasteiger partial charge in [0.1, 0.15) is 6.04 Å². The van der Waals surface area contributed by atoms with Crippen molar-refractivity contribution in [2.45, 2.75) is 56.4 Å². The summed E-state index contributed by atoms with van der Waals surface area (Å²) in [6.45, 7) is 2.35. The summed E-state index contributed by atoms with van der Waals surface area (Å²) in [4.78, 5) is 38.3. The van der Waals surface area contributed by atoms with E-state index in [0.717, 1.165) is 37.1 Å². The lowest BCUT2D eigenvalue weighted by atomic mass is 9.82. The Morgan fingerprint density at radius 3 is 2.67 bits per heavy atom. The van der Waals surface area contributed by atoms with Gasteiger partial charge in [-0.3, -0.25) is 19.7 Å². The molecule has 1 aromatic carbocycles. The molecule has 0 aliphatic carbocycles. The minimum atomic E-state index is -3.31. The molecular weight excluding hydrogens is 446 g/mol. The van der Waals surface area contributed by atoms with E-state index in [-0.39, 0.29) is 30.0 Å². The van der Waals surface area contributed by atoms with Crippen molar-refractivity contribution in [2.75, 3.05) is 25.9 Å².